The van der Waals surface area contributed by atoms with E-state index in [9.17, 15) is 4.79 Å². The molecule has 0 bridgehead atoms. The average Bonchev–Trinajstić information content (AvgIpc) is 2.09. The fourth-order valence-electron chi connectivity index (χ4n) is 1.37. The Morgan fingerprint density at radius 1 is 1.19 bits per heavy atom. The van der Waals surface area contributed by atoms with Gasteiger partial charge in [0.2, 0.25) is 0 Å². The van der Waals surface area contributed by atoms with Gasteiger partial charge >= 0.3 is 6.03 Å². The third-order valence-electron chi connectivity index (χ3n) is 2.27. The maximum atomic E-state index is 11.5. The molecule has 0 spiro atoms. The predicted octanol–water partition coefficient (Wildman–Crippen LogP) is 1.85. The van der Waals surface area contributed by atoms with Crippen molar-refractivity contribution < 1.29 is 4.79 Å². The van der Waals surface area contributed by atoms with Crippen molar-refractivity contribution in [2.24, 2.45) is 11.1 Å². The molecule has 0 unspecified atom stereocenters. The minimum atomic E-state index is -0.189. The standard InChI is InChI=1S/C12H27N3O/c1-11(2,3)15-10(16)14-9-12(4,5)7-6-8-13/h6-9,13H2,1-5H3,(H2,14,15,16). The van der Waals surface area contributed by atoms with Crippen molar-refractivity contribution in [3.8, 4) is 0 Å². The summed E-state index contributed by atoms with van der Waals surface area (Å²) in [7, 11) is 0. The van der Waals surface area contributed by atoms with Crippen LogP contribution in [0.4, 0.5) is 4.79 Å². The Morgan fingerprint density at radius 3 is 2.19 bits per heavy atom. The summed E-state index contributed by atoms with van der Waals surface area (Å²) in [6.07, 6.45) is 2.02. The molecule has 2 amide bonds. The summed E-state index contributed by atoms with van der Waals surface area (Å²) in [6.45, 7) is 11.6. The lowest BCUT2D eigenvalue weighted by molar-refractivity contribution is 0.223. The molecule has 0 aliphatic rings. The van der Waals surface area contributed by atoms with Gasteiger partial charge in [0.05, 0.1) is 0 Å². The van der Waals surface area contributed by atoms with Gasteiger partial charge in [-0.25, -0.2) is 4.79 Å². The minimum Gasteiger partial charge on any atom is -0.338 e. The first kappa shape index (κ1) is 15.2. The first-order chi connectivity index (χ1) is 7.16. The molecule has 0 aliphatic carbocycles. The molecule has 16 heavy (non-hydrogen) atoms. The highest BCUT2D eigenvalue weighted by molar-refractivity contribution is 5.74. The van der Waals surface area contributed by atoms with Gasteiger partial charge in [0, 0.05) is 12.1 Å². The Hall–Kier alpha value is -0.770. The number of carbonyl (C=O) groups excluding carboxylic acids is 1. The molecule has 4 nitrogen and oxygen atoms in total. The van der Waals surface area contributed by atoms with Gasteiger partial charge in [0.15, 0.2) is 0 Å². The summed E-state index contributed by atoms with van der Waals surface area (Å²) in [5.41, 5.74) is 5.39. The van der Waals surface area contributed by atoms with Crippen molar-refractivity contribution in [2.45, 2.75) is 53.0 Å². The highest BCUT2D eigenvalue weighted by atomic mass is 16.2. The molecule has 0 radical (unpaired) electrons. The van der Waals surface area contributed by atoms with Crippen molar-refractivity contribution in [3.63, 3.8) is 0 Å². The average molecular weight is 229 g/mol. The van der Waals surface area contributed by atoms with E-state index < -0.39 is 0 Å². The van der Waals surface area contributed by atoms with Gasteiger partial charge < -0.3 is 16.4 Å². The Balaban J connectivity index is 3.90. The summed E-state index contributed by atoms with van der Waals surface area (Å²) in [4.78, 5) is 11.5. The van der Waals surface area contributed by atoms with E-state index >= 15 is 0 Å². The van der Waals surface area contributed by atoms with Gasteiger partial charge in [-0.1, -0.05) is 13.8 Å². The number of nitrogens with two attached hydrogens (primary N) is 1. The van der Waals surface area contributed by atoms with Crippen molar-refractivity contribution in [1.82, 2.24) is 10.6 Å². The van der Waals surface area contributed by atoms with E-state index in [4.69, 9.17) is 5.73 Å². The number of hydrogen-bond donors (Lipinski definition) is 3. The van der Waals surface area contributed by atoms with E-state index in [2.05, 4.69) is 24.5 Å². The topological polar surface area (TPSA) is 67.1 Å². The predicted molar refractivity (Wildman–Crippen MR) is 68.4 cm³/mol. The molecule has 0 atom stereocenters. The Morgan fingerprint density at radius 2 is 1.75 bits per heavy atom. The van der Waals surface area contributed by atoms with Crippen molar-refractivity contribution in [2.75, 3.05) is 13.1 Å². The lowest BCUT2D eigenvalue weighted by Gasteiger charge is -2.27. The molecule has 0 saturated carbocycles. The Labute approximate surface area is 99.4 Å². The SMILES string of the molecule is CC(C)(CCCN)CNC(=O)NC(C)(C)C. The molecular weight excluding hydrogens is 202 g/mol. The number of nitrogens with one attached hydrogen (secondary N) is 2. The molecular formula is C12H27N3O. The molecule has 0 fully saturated rings. The number of amides is 2. The molecule has 96 valence electrons. The highest BCUT2D eigenvalue weighted by Gasteiger charge is 2.19. The van der Waals surface area contributed by atoms with Gasteiger partial charge in [-0.15, -0.1) is 0 Å². The second-order valence-corrected chi connectivity index (χ2v) is 6.11. The zero-order chi connectivity index (χ0) is 12.8. The quantitative estimate of drug-likeness (QED) is 0.673. The molecule has 0 rings (SSSR count). The van der Waals surface area contributed by atoms with Gasteiger partial charge in [0.25, 0.3) is 0 Å². The first-order valence-electron chi connectivity index (χ1n) is 5.92. The zero-order valence-corrected chi connectivity index (χ0v) is 11.3. The summed E-state index contributed by atoms with van der Waals surface area (Å²) in [5.74, 6) is 0. The fourth-order valence-corrected chi connectivity index (χ4v) is 1.37. The molecule has 0 aromatic heterocycles. The summed E-state index contributed by atoms with van der Waals surface area (Å²) in [5, 5.41) is 5.77. The van der Waals surface area contributed by atoms with Crippen LogP contribution in [-0.4, -0.2) is 24.7 Å². The van der Waals surface area contributed by atoms with Crippen LogP contribution >= 0.6 is 0 Å². The first-order valence-corrected chi connectivity index (χ1v) is 5.92. The smallest absolute Gasteiger partial charge is 0.315 e. The van der Waals surface area contributed by atoms with Crippen LogP contribution < -0.4 is 16.4 Å². The van der Waals surface area contributed by atoms with E-state index in [-0.39, 0.29) is 17.0 Å². The van der Waals surface area contributed by atoms with Gasteiger partial charge in [-0.3, -0.25) is 0 Å². The van der Waals surface area contributed by atoms with Crippen LogP contribution in [0.5, 0.6) is 0 Å². The molecule has 4 heteroatoms. The summed E-state index contributed by atoms with van der Waals surface area (Å²) < 4.78 is 0. The normalized spacial score (nSPS) is 12.4. The third kappa shape index (κ3) is 8.53. The van der Waals surface area contributed by atoms with Crippen molar-refractivity contribution >= 4 is 6.03 Å². The second kappa shape index (κ2) is 6.09. The second-order valence-electron chi connectivity index (χ2n) is 6.11. The minimum absolute atomic E-state index is 0.103. The van der Waals surface area contributed by atoms with E-state index in [0.717, 1.165) is 12.8 Å². The molecule has 0 saturated heterocycles. The van der Waals surface area contributed by atoms with E-state index in [1.807, 2.05) is 20.8 Å². The molecule has 0 aromatic rings. The fraction of sp³-hybridized carbons (Fsp3) is 0.917. The lowest BCUT2D eigenvalue weighted by atomic mass is 9.88. The number of hydrogen-bond acceptors (Lipinski definition) is 2. The van der Waals surface area contributed by atoms with E-state index in [1.165, 1.54) is 0 Å². The monoisotopic (exact) mass is 229 g/mol. The van der Waals surface area contributed by atoms with Crippen LogP contribution in [0.2, 0.25) is 0 Å². The van der Waals surface area contributed by atoms with Crippen LogP contribution in [0.3, 0.4) is 0 Å². The van der Waals surface area contributed by atoms with Gasteiger partial charge in [0.1, 0.15) is 0 Å². The number of urea groups is 1. The highest BCUT2D eigenvalue weighted by Crippen LogP contribution is 2.20. The maximum Gasteiger partial charge on any atom is 0.315 e. The summed E-state index contributed by atoms with van der Waals surface area (Å²) in [6, 6.07) is -0.103. The number of carbonyl (C=O) groups is 1. The number of rotatable bonds is 5. The van der Waals surface area contributed by atoms with Crippen LogP contribution in [0, 0.1) is 5.41 Å². The summed E-state index contributed by atoms with van der Waals surface area (Å²) >= 11 is 0. The Kier molecular flexibility index (Phi) is 5.79. The molecule has 0 aliphatic heterocycles. The van der Waals surface area contributed by atoms with Gasteiger partial charge in [-0.2, -0.15) is 0 Å². The molecule has 4 N–H and O–H groups in total. The van der Waals surface area contributed by atoms with Crippen LogP contribution in [-0.2, 0) is 0 Å². The third-order valence-corrected chi connectivity index (χ3v) is 2.27. The molecule has 0 heterocycles. The largest absolute Gasteiger partial charge is 0.338 e. The van der Waals surface area contributed by atoms with Gasteiger partial charge in [-0.05, 0) is 45.6 Å². The van der Waals surface area contributed by atoms with Crippen molar-refractivity contribution in [1.29, 1.82) is 0 Å². The van der Waals surface area contributed by atoms with E-state index in [1.54, 1.807) is 0 Å². The molecule has 0 aromatic carbocycles. The maximum absolute atomic E-state index is 11.5. The van der Waals surface area contributed by atoms with E-state index in [0.29, 0.717) is 13.1 Å². The Bertz CT molecular complexity index is 219. The zero-order valence-electron chi connectivity index (χ0n) is 11.3. The van der Waals surface area contributed by atoms with Crippen molar-refractivity contribution in [3.05, 3.63) is 0 Å². The van der Waals surface area contributed by atoms with Crippen LogP contribution in [0.25, 0.3) is 0 Å². The van der Waals surface area contributed by atoms with Crippen LogP contribution in [0.15, 0.2) is 0 Å². The van der Waals surface area contributed by atoms with Crippen LogP contribution in [0.1, 0.15) is 47.5 Å². The lowest BCUT2D eigenvalue weighted by Crippen LogP contribution is -2.48.